The van der Waals surface area contributed by atoms with Gasteiger partial charge in [0.05, 0.1) is 0 Å². The van der Waals surface area contributed by atoms with Gasteiger partial charge < -0.3 is 0 Å². The van der Waals surface area contributed by atoms with Gasteiger partial charge in [0.15, 0.2) is 0 Å². The quantitative estimate of drug-likeness (QED) is 0.410. The van der Waals surface area contributed by atoms with Crippen molar-refractivity contribution in [3.05, 3.63) is 59.7 Å². The van der Waals surface area contributed by atoms with Crippen molar-refractivity contribution >= 4 is 58.1 Å². The molecule has 0 aromatic heterocycles. The summed E-state index contributed by atoms with van der Waals surface area (Å²) in [5.74, 6) is 0.919. The predicted octanol–water partition coefficient (Wildman–Crippen LogP) is 4.90. The average Bonchev–Trinajstić information content (AvgIpc) is 3.50. The summed E-state index contributed by atoms with van der Waals surface area (Å²) in [6.45, 7) is 9.98. The van der Waals surface area contributed by atoms with Gasteiger partial charge in [0.1, 0.15) is 0 Å². The summed E-state index contributed by atoms with van der Waals surface area (Å²) < 4.78 is 14.6. The standard InChI is InChI=1S/2C12H14NO.4CH3.2Sn/c2*1-9(2)12-13-11(8-14-12)10-6-4-3-5-7-10;;;;;;/h2*3-6,9,12H,8H2,1-2H3;4*1H3;;/t2*12-;;;;;;/m11....../s1. The molecule has 182 valence electrons. The summed E-state index contributed by atoms with van der Waals surface area (Å²) in [5, 5.41) is 0. The van der Waals surface area contributed by atoms with Crippen molar-refractivity contribution in [3.63, 3.8) is 0 Å². The maximum atomic E-state index is 5.73. The molecule has 0 aliphatic carbocycles. The first-order valence-corrected chi connectivity index (χ1v) is 26.6. The van der Waals surface area contributed by atoms with Gasteiger partial charge in [-0.25, -0.2) is 0 Å². The van der Waals surface area contributed by atoms with E-state index in [0.717, 1.165) is 11.4 Å². The fourth-order valence-corrected chi connectivity index (χ4v) is 10.9. The molecular weight excluding hydrogens is 634 g/mol. The van der Waals surface area contributed by atoms with E-state index in [9.17, 15) is 0 Å². The van der Waals surface area contributed by atoms with E-state index in [4.69, 9.17) is 19.5 Å². The molecular formula is C28H40N2O2Sn2. The van der Waals surface area contributed by atoms with Gasteiger partial charge >= 0.3 is 222 Å². The molecule has 0 spiro atoms. The number of hydrogen-bond donors (Lipinski definition) is 0. The molecule has 6 heteroatoms. The first-order valence-electron chi connectivity index (χ1n) is 12.4. The number of ether oxygens (including phenoxy) is 2. The fourth-order valence-electron chi connectivity index (χ4n) is 4.10. The first kappa shape index (κ1) is 27.9. The molecule has 0 fully saturated rings. The molecule has 2 atom stereocenters. The minimum absolute atomic E-state index is 0.0545. The van der Waals surface area contributed by atoms with Crippen molar-refractivity contribution in [2.45, 2.75) is 59.9 Å². The van der Waals surface area contributed by atoms with E-state index in [1.165, 1.54) is 11.1 Å². The molecule has 0 amide bonds. The molecule has 4 nitrogen and oxygen atoms in total. The van der Waals surface area contributed by atoms with Crippen LogP contribution < -0.4 is 7.16 Å². The first-order chi connectivity index (χ1) is 16.2. The van der Waals surface area contributed by atoms with Gasteiger partial charge in [-0.2, -0.15) is 0 Å². The Kier molecular flexibility index (Phi) is 10.7. The van der Waals surface area contributed by atoms with Gasteiger partial charge in [-0.05, 0) is 0 Å². The van der Waals surface area contributed by atoms with E-state index in [1.54, 1.807) is 7.16 Å². The van der Waals surface area contributed by atoms with E-state index in [-0.39, 0.29) is 12.5 Å². The van der Waals surface area contributed by atoms with E-state index < -0.39 is 39.5 Å². The molecule has 2 heterocycles. The normalized spacial score (nSPS) is 20.1. The zero-order chi connectivity index (χ0) is 24.8. The molecule has 0 unspecified atom stereocenters. The molecule has 0 saturated carbocycles. The van der Waals surface area contributed by atoms with E-state index in [0.29, 0.717) is 25.0 Å². The number of aliphatic imine (C=N–C) groups is 2. The van der Waals surface area contributed by atoms with Crippen LogP contribution in [-0.2, 0) is 9.47 Å². The van der Waals surface area contributed by atoms with Gasteiger partial charge in [0.2, 0.25) is 0 Å². The Morgan fingerprint density at radius 1 is 0.647 bits per heavy atom. The van der Waals surface area contributed by atoms with Gasteiger partial charge in [-0.3, -0.25) is 0 Å². The van der Waals surface area contributed by atoms with Gasteiger partial charge in [0.25, 0.3) is 0 Å². The van der Waals surface area contributed by atoms with E-state index in [1.807, 2.05) is 0 Å². The maximum absolute atomic E-state index is 5.73. The van der Waals surface area contributed by atoms with Gasteiger partial charge in [-0.1, -0.05) is 0 Å². The molecule has 2 radical (unpaired) electrons. The Morgan fingerprint density at radius 3 is 1.29 bits per heavy atom. The van der Waals surface area contributed by atoms with Crippen LogP contribution in [0.25, 0.3) is 0 Å². The van der Waals surface area contributed by atoms with Crippen LogP contribution in [0.4, 0.5) is 0 Å². The van der Waals surface area contributed by atoms with Crippen molar-refractivity contribution in [1.82, 2.24) is 0 Å². The summed E-state index contributed by atoms with van der Waals surface area (Å²) in [5.41, 5.74) is 4.99. The third-order valence-corrected chi connectivity index (χ3v) is 14.7. The third kappa shape index (κ3) is 7.17. The monoisotopic (exact) mass is 676 g/mol. The molecule has 0 bridgehead atoms. The zero-order valence-electron chi connectivity index (χ0n) is 22.1. The van der Waals surface area contributed by atoms with Crippen LogP contribution in [-0.4, -0.2) is 76.6 Å². The van der Waals surface area contributed by atoms with Crippen LogP contribution in [0.3, 0.4) is 0 Å². The van der Waals surface area contributed by atoms with Crippen molar-refractivity contribution in [3.8, 4) is 0 Å². The van der Waals surface area contributed by atoms with E-state index >= 15 is 0 Å². The van der Waals surface area contributed by atoms with Crippen LogP contribution >= 0.6 is 0 Å². The van der Waals surface area contributed by atoms with Crippen LogP contribution in [0.5, 0.6) is 0 Å². The molecule has 2 aromatic rings. The van der Waals surface area contributed by atoms with Crippen LogP contribution in [0, 0.1) is 11.8 Å². The Hall–Kier alpha value is -0.703. The van der Waals surface area contributed by atoms with Crippen molar-refractivity contribution in [2.75, 3.05) is 13.2 Å². The summed E-state index contributed by atoms with van der Waals surface area (Å²) in [4.78, 5) is 19.1. The molecule has 0 N–H and O–H groups in total. The second-order valence-electron chi connectivity index (χ2n) is 10.1. The Morgan fingerprint density at radius 2 is 1.00 bits per heavy atom. The average molecular weight is 674 g/mol. The molecule has 2 aliphatic rings. The number of nitrogens with zero attached hydrogens (tertiary/aromatic N) is 2. The predicted molar refractivity (Wildman–Crippen MR) is 149 cm³/mol. The molecule has 4 rings (SSSR count). The molecule has 2 aliphatic heterocycles. The fraction of sp³-hybridized carbons (Fsp3) is 0.500. The van der Waals surface area contributed by atoms with Crippen molar-refractivity contribution in [2.24, 2.45) is 21.8 Å². The third-order valence-electron chi connectivity index (χ3n) is 6.04. The molecule has 2 aromatic carbocycles. The Labute approximate surface area is 220 Å². The summed E-state index contributed by atoms with van der Waals surface area (Å²) in [6, 6.07) is 17.4. The summed E-state index contributed by atoms with van der Waals surface area (Å²) in [7, 11) is 0. The molecule has 0 saturated heterocycles. The van der Waals surface area contributed by atoms with Crippen molar-refractivity contribution < 1.29 is 9.47 Å². The molecule has 34 heavy (non-hydrogen) atoms. The minimum atomic E-state index is -1.36. The van der Waals surface area contributed by atoms with Crippen LogP contribution in [0.1, 0.15) is 38.8 Å². The second-order valence-corrected chi connectivity index (χ2v) is 24.6. The van der Waals surface area contributed by atoms with Gasteiger partial charge in [0, 0.05) is 0 Å². The van der Waals surface area contributed by atoms with Crippen molar-refractivity contribution in [1.29, 1.82) is 0 Å². The Balaban J connectivity index is 0.000000191. The summed E-state index contributed by atoms with van der Waals surface area (Å²) in [6.07, 6.45) is 0.109. The Bertz CT molecular complexity index is 933. The second kappa shape index (κ2) is 13.0. The summed E-state index contributed by atoms with van der Waals surface area (Å²) >= 11 is -2.71. The SMILES string of the molecule is CC(C)[C@@H]1N=C(c2cccc[c]2[Sn]([CH3])[CH3])CO1.CC(C)[C@@H]1N=C(c2cccc[c]2[Sn]([CH3])[CH3])CO1. The van der Waals surface area contributed by atoms with Crippen LogP contribution in [0.15, 0.2) is 58.5 Å². The number of hydrogen-bond acceptors (Lipinski definition) is 4. The number of benzene rings is 2. The van der Waals surface area contributed by atoms with E-state index in [2.05, 4.69) is 96.0 Å². The van der Waals surface area contributed by atoms with Gasteiger partial charge in [-0.15, -0.1) is 0 Å². The van der Waals surface area contributed by atoms with Crippen LogP contribution in [0.2, 0.25) is 19.8 Å². The number of rotatable bonds is 6. The topological polar surface area (TPSA) is 43.2 Å². The zero-order valence-corrected chi connectivity index (χ0v) is 27.8.